The van der Waals surface area contributed by atoms with Crippen LogP contribution in [0.4, 0.5) is 0 Å². The average Bonchev–Trinajstić information content (AvgIpc) is 3.01. The van der Waals surface area contributed by atoms with Crippen molar-refractivity contribution in [1.82, 2.24) is 15.5 Å². The van der Waals surface area contributed by atoms with E-state index in [1.54, 1.807) is 7.11 Å². The molecule has 5 nitrogen and oxygen atoms in total. The van der Waals surface area contributed by atoms with Gasteiger partial charge in [-0.2, -0.15) is 0 Å². The van der Waals surface area contributed by atoms with Crippen molar-refractivity contribution in [2.45, 2.75) is 13.0 Å². The fourth-order valence-electron chi connectivity index (χ4n) is 3.56. The minimum atomic E-state index is 0. The highest BCUT2D eigenvalue weighted by Crippen LogP contribution is 2.26. The monoisotopic (exact) mass is 339 g/mol. The van der Waals surface area contributed by atoms with E-state index in [0.29, 0.717) is 13.1 Å². The molecule has 2 atom stereocenters. The van der Waals surface area contributed by atoms with Gasteiger partial charge < -0.3 is 15.4 Å². The van der Waals surface area contributed by atoms with Crippen LogP contribution in [0.5, 0.6) is 5.75 Å². The third-order valence-corrected chi connectivity index (χ3v) is 4.82. The molecule has 2 aliphatic rings. The van der Waals surface area contributed by atoms with Gasteiger partial charge in [-0.05, 0) is 44.0 Å². The third kappa shape index (κ3) is 4.59. The molecule has 0 aromatic heterocycles. The summed E-state index contributed by atoms with van der Waals surface area (Å²) in [5.74, 6) is 2.44. The number of benzene rings is 1. The molecule has 0 saturated carbocycles. The maximum atomic E-state index is 12.2. The van der Waals surface area contributed by atoms with Gasteiger partial charge in [0, 0.05) is 18.7 Å². The van der Waals surface area contributed by atoms with E-state index in [4.69, 9.17) is 4.74 Å². The molecule has 1 aromatic rings. The molecule has 2 aliphatic heterocycles. The number of piperidine rings is 1. The Hall–Kier alpha value is -1.30. The number of fused-ring (bicyclic) bond motifs is 1. The zero-order valence-corrected chi connectivity index (χ0v) is 14.4. The molecule has 3 rings (SSSR count). The molecule has 0 radical (unpaired) electrons. The normalized spacial score (nSPS) is 23.7. The second-order valence-corrected chi connectivity index (χ2v) is 6.29. The number of hydrogen-bond donors (Lipinski definition) is 2. The summed E-state index contributed by atoms with van der Waals surface area (Å²) in [6, 6.07) is 7.79. The zero-order valence-electron chi connectivity index (χ0n) is 13.6. The number of amides is 1. The molecule has 128 valence electrons. The average molecular weight is 340 g/mol. The first kappa shape index (κ1) is 18.0. The minimum Gasteiger partial charge on any atom is -0.496 e. The van der Waals surface area contributed by atoms with Crippen LogP contribution < -0.4 is 15.4 Å². The van der Waals surface area contributed by atoms with Crippen molar-refractivity contribution in [1.29, 1.82) is 0 Å². The Balaban J connectivity index is 0.00000192. The fourth-order valence-corrected chi connectivity index (χ4v) is 3.56. The molecule has 1 amide bonds. The van der Waals surface area contributed by atoms with Crippen LogP contribution in [0.3, 0.4) is 0 Å². The summed E-state index contributed by atoms with van der Waals surface area (Å²) < 4.78 is 5.31. The van der Waals surface area contributed by atoms with Gasteiger partial charge in [-0.1, -0.05) is 18.2 Å². The second-order valence-electron chi connectivity index (χ2n) is 6.29. The lowest BCUT2D eigenvalue weighted by atomic mass is 9.89. The lowest BCUT2D eigenvalue weighted by Crippen LogP contribution is -2.45. The van der Waals surface area contributed by atoms with E-state index in [-0.39, 0.29) is 18.3 Å². The highest BCUT2D eigenvalue weighted by Gasteiger charge is 2.33. The van der Waals surface area contributed by atoms with Crippen LogP contribution in [0.25, 0.3) is 0 Å². The van der Waals surface area contributed by atoms with Crippen molar-refractivity contribution >= 4 is 18.3 Å². The van der Waals surface area contributed by atoms with Crippen molar-refractivity contribution in [2.24, 2.45) is 11.8 Å². The van der Waals surface area contributed by atoms with Crippen LogP contribution in [0.15, 0.2) is 24.3 Å². The Kier molecular flexibility index (Phi) is 6.69. The lowest BCUT2D eigenvalue weighted by molar-refractivity contribution is -0.122. The number of halogens is 1. The van der Waals surface area contributed by atoms with Gasteiger partial charge in [-0.3, -0.25) is 9.69 Å². The molecule has 23 heavy (non-hydrogen) atoms. The van der Waals surface area contributed by atoms with Gasteiger partial charge in [0.2, 0.25) is 5.91 Å². The quantitative estimate of drug-likeness (QED) is 0.848. The van der Waals surface area contributed by atoms with Crippen LogP contribution in [0, 0.1) is 11.8 Å². The highest BCUT2D eigenvalue weighted by atomic mass is 35.5. The number of ether oxygens (including phenoxy) is 1. The van der Waals surface area contributed by atoms with E-state index in [0.717, 1.165) is 49.3 Å². The van der Waals surface area contributed by atoms with Crippen molar-refractivity contribution in [3.63, 3.8) is 0 Å². The van der Waals surface area contributed by atoms with Gasteiger partial charge in [0.25, 0.3) is 0 Å². The standard InChI is InChI=1S/C17H25N3O2.ClH/c1-22-16-5-3-2-4-14(16)10-19-17(21)12-20-7-6-13-8-18-9-15(13)11-20;/h2-5,13,15,18H,6-12H2,1H3,(H,19,21);1H. The number of nitrogens with one attached hydrogen (secondary N) is 2. The maximum absolute atomic E-state index is 12.2. The predicted octanol–water partition coefficient (Wildman–Crippen LogP) is 1.27. The minimum absolute atomic E-state index is 0. The van der Waals surface area contributed by atoms with Gasteiger partial charge in [-0.25, -0.2) is 0 Å². The first-order valence-corrected chi connectivity index (χ1v) is 8.08. The summed E-state index contributed by atoms with van der Waals surface area (Å²) in [5, 5.41) is 6.46. The molecule has 0 bridgehead atoms. The Morgan fingerprint density at radius 2 is 2.13 bits per heavy atom. The van der Waals surface area contributed by atoms with Crippen LogP contribution in [-0.4, -0.2) is 50.6 Å². The number of rotatable bonds is 5. The molecule has 6 heteroatoms. The number of nitrogens with zero attached hydrogens (tertiary/aromatic N) is 1. The summed E-state index contributed by atoms with van der Waals surface area (Å²) in [4.78, 5) is 14.5. The molecule has 2 heterocycles. The molecule has 2 N–H and O–H groups in total. The van der Waals surface area contributed by atoms with E-state index in [2.05, 4.69) is 15.5 Å². The van der Waals surface area contributed by atoms with Crippen LogP contribution >= 0.6 is 12.4 Å². The van der Waals surface area contributed by atoms with Gasteiger partial charge in [0.15, 0.2) is 0 Å². The van der Waals surface area contributed by atoms with Gasteiger partial charge in [-0.15, -0.1) is 12.4 Å². The Morgan fingerprint density at radius 1 is 1.35 bits per heavy atom. The maximum Gasteiger partial charge on any atom is 0.234 e. The highest BCUT2D eigenvalue weighted by molar-refractivity contribution is 5.85. The molecule has 2 fully saturated rings. The van der Waals surface area contributed by atoms with Crippen molar-refractivity contribution in [3.05, 3.63) is 29.8 Å². The van der Waals surface area contributed by atoms with E-state index >= 15 is 0 Å². The SMILES string of the molecule is COc1ccccc1CNC(=O)CN1CCC2CNCC2C1.Cl. The van der Waals surface area contributed by atoms with Crippen LogP contribution in [-0.2, 0) is 11.3 Å². The van der Waals surface area contributed by atoms with Crippen LogP contribution in [0.2, 0.25) is 0 Å². The Morgan fingerprint density at radius 3 is 2.96 bits per heavy atom. The fraction of sp³-hybridized carbons (Fsp3) is 0.588. The number of methoxy groups -OCH3 is 1. The molecule has 2 unspecified atom stereocenters. The van der Waals surface area contributed by atoms with Gasteiger partial charge in [0.05, 0.1) is 13.7 Å². The van der Waals surface area contributed by atoms with E-state index in [1.807, 2.05) is 24.3 Å². The first-order chi connectivity index (χ1) is 10.8. The van der Waals surface area contributed by atoms with Crippen LogP contribution in [0.1, 0.15) is 12.0 Å². The van der Waals surface area contributed by atoms with E-state index < -0.39 is 0 Å². The summed E-state index contributed by atoms with van der Waals surface area (Å²) in [6.45, 7) is 5.34. The van der Waals surface area contributed by atoms with E-state index in [1.165, 1.54) is 6.42 Å². The van der Waals surface area contributed by atoms with Crippen molar-refractivity contribution in [2.75, 3.05) is 39.8 Å². The number of carbonyl (C=O) groups is 1. The van der Waals surface area contributed by atoms with Gasteiger partial charge >= 0.3 is 0 Å². The van der Waals surface area contributed by atoms with Gasteiger partial charge in [0.1, 0.15) is 5.75 Å². The van der Waals surface area contributed by atoms with E-state index in [9.17, 15) is 4.79 Å². The lowest BCUT2D eigenvalue weighted by Gasteiger charge is -2.33. The van der Waals surface area contributed by atoms with Crippen molar-refractivity contribution < 1.29 is 9.53 Å². The van der Waals surface area contributed by atoms with Crippen molar-refractivity contribution in [3.8, 4) is 5.75 Å². The molecule has 2 saturated heterocycles. The summed E-state index contributed by atoms with van der Waals surface area (Å²) in [6.07, 6.45) is 1.21. The predicted molar refractivity (Wildman–Crippen MR) is 93.0 cm³/mol. The smallest absolute Gasteiger partial charge is 0.234 e. The summed E-state index contributed by atoms with van der Waals surface area (Å²) in [5.41, 5.74) is 1.01. The number of para-hydroxylation sites is 1. The topological polar surface area (TPSA) is 53.6 Å². The second kappa shape index (κ2) is 8.52. The zero-order chi connectivity index (χ0) is 15.4. The number of likely N-dealkylation sites (tertiary alicyclic amines) is 1. The number of hydrogen-bond acceptors (Lipinski definition) is 4. The summed E-state index contributed by atoms with van der Waals surface area (Å²) in [7, 11) is 1.65. The number of carbonyl (C=O) groups excluding carboxylic acids is 1. The molecule has 0 aliphatic carbocycles. The largest absolute Gasteiger partial charge is 0.496 e. The third-order valence-electron chi connectivity index (χ3n) is 4.82. The molecular weight excluding hydrogens is 314 g/mol. The molecule has 0 spiro atoms. The molecule has 1 aromatic carbocycles. The Bertz CT molecular complexity index is 526. The summed E-state index contributed by atoms with van der Waals surface area (Å²) >= 11 is 0. The Labute approximate surface area is 144 Å². The molecular formula is C17H26ClN3O2. The first-order valence-electron chi connectivity index (χ1n) is 8.08.